The molecule has 0 heterocycles. The zero-order valence-corrected chi connectivity index (χ0v) is 42.8. The van der Waals surface area contributed by atoms with Crippen molar-refractivity contribution in [1.82, 2.24) is 4.72 Å². The van der Waals surface area contributed by atoms with E-state index in [2.05, 4.69) is 137 Å². The largest absolute Gasteiger partial charge is 0.414 e. The molecular weight excluding hydrogens is 775 g/mol. The van der Waals surface area contributed by atoms with Gasteiger partial charge in [-0.25, -0.2) is 8.42 Å². The van der Waals surface area contributed by atoms with Crippen LogP contribution < -0.4 is 4.72 Å². The molecule has 1 saturated carbocycles. The summed E-state index contributed by atoms with van der Waals surface area (Å²) in [5.41, 5.74) is 0. The first-order chi connectivity index (χ1) is 24.9. The van der Waals surface area contributed by atoms with Crippen molar-refractivity contribution in [2.75, 3.05) is 5.75 Å². The smallest absolute Gasteiger partial charge is 0.237 e. The summed E-state index contributed by atoms with van der Waals surface area (Å²) in [4.78, 5) is 13.7. The Morgan fingerprint density at radius 2 is 1.22 bits per heavy atom. The molecule has 7 nitrogen and oxygen atoms in total. The van der Waals surface area contributed by atoms with Crippen molar-refractivity contribution in [1.29, 1.82) is 0 Å². The van der Waals surface area contributed by atoms with E-state index in [0.29, 0.717) is 18.3 Å². The van der Waals surface area contributed by atoms with Crippen LogP contribution in [0.25, 0.3) is 0 Å². The molecule has 2 rings (SSSR count). The number of unbranched alkanes of at least 4 members (excludes halogenated alkanes) is 3. The van der Waals surface area contributed by atoms with Crippen molar-refractivity contribution in [3.8, 4) is 0 Å². The van der Waals surface area contributed by atoms with Crippen LogP contribution in [0, 0.1) is 11.8 Å². The third-order valence-corrected chi connectivity index (χ3v) is 29.8. The molecule has 1 aromatic carbocycles. The summed E-state index contributed by atoms with van der Waals surface area (Å²) in [5, 5.41) is -0.297. The van der Waals surface area contributed by atoms with E-state index in [1.807, 2.05) is 11.8 Å². The second kappa shape index (κ2) is 20.2. The fraction of sp³-hybridized carbons (Fsp3) is 0.837. The molecule has 1 aliphatic carbocycles. The molecule has 0 aromatic heterocycles. The van der Waals surface area contributed by atoms with Gasteiger partial charge in [0.25, 0.3) is 0 Å². The van der Waals surface area contributed by atoms with Crippen molar-refractivity contribution >= 4 is 52.6 Å². The molecule has 1 N–H and O–H groups in total. The number of nitrogens with one attached hydrogen (secondary N) is 1. The summed E-state index contributed by atoms with van der Waals surface area (Å²) >= 11 is 1.91. The topological polar surface area (TPSA) is 90.9 Å². The van der Waals surface area contributed by atoms with Gasteiger partial charge in [-0.1, -0.05) is 99.8 Å². The molecule has 1 aromatic rings. The monoisotopic (exact) mass is 857 g/mol. The highest BCUT2D eigenvalue weighted by molar-refractivity contribution is 7.99. The second-order valence-corrected chi connectivity index (χ2v) is 38.8. The van der Waals surface area contributed by atoms with Gasteiger partial charge in [-0.2, -0.15) is 0 Å². The number of rotatable bonds is 21. The fourth-order valence-electron chi connectivity index (χ4n) is 6.51. The highest BCUT2D eigenvalue weighted by Crippen LogP contribution is 2.49. The lowest BCUT2D eigenvalue weighted by atomic mass is 9.85. The van der Waals surface area contributed by atoms with Crippen LogP contribution in [0.15, 0.2) is 35.2 Å². The molecule has 1 amide bonds. The van der Waals surface area contributed by atoms with Gasteiger partial charge >= 0.3 is 0 Å². The van der Waals surface area contributed by atoms with Crippen molar-refractivity contribution in [2.24, 2.45) is 11.8 Å². The van der Waals surface area contributed by atoms with Gasteiger partial charge in [0.2, 0.25) is 15.9 Å². The third-order valence-electron chi connectivity index (χ3n) is 13.3. The van der Waals surface area contributed by atoms with Gasteiger partial charge in [-0.3, -0.25) is 9.52 Å². The van der Waals surface area contributed by atoms with Crippen molar-refractivity contribution in [2.45, 2.75) is 217 Å². The molecule has 5 atom stereocenters. The second-order valence-electron chi connectivity index (χ2n) is 21.2. The summed E-state index contributed by atoms with van der Waals surface area (Å²) in [7, 11) is -9.78. The van der Waals surface area contributed by atoms with Crippen LogP contribution in [0.2, 0.25) is 54.4 Å². The predicted octanol–water partition coefficient (Wildman–Crippen LogP) is 12.6. The Morgan fingerprint density at radius 3 is 1.69 bits per heavy atom. The van der Waals surface area contributed by atoms with E-state index in [0.717, 1.165) is 50.7 Å². The minimum Gasteiger partial charge on any atom is -0.414 e. The molecule has 320 valence electrons. The van der Waals surface area contributed by atoms with E-state index in [1.54, 1.807) is 13.8 Å². The van der Waals surface area contributed by atoms with E-state index in [9.17, 15) is 13.2 Å². The van der Waals surface area contributed by atoms with Crippen LogP contribution in [0.3, 0.4) is 0 Å². The summed E-state index contributed by atoms with van der Waals surface area (Å²) in [6.45, 7) is 38.5. The molecule has 1 unspecified atom stereocenters. The minimum absolute atomic E-state index is 0.103. The number of sulfonamides is 1. The van der Waals surface area contributed by atoms with Gasteiger partial charge in [-0.15, -0.1) is 11.8 Å². The molecule has 0 radical (unpaired) electrons. The molecule has 0 spiro atoms. The zero-order chi connectivity index (χ0) is 42.3. The molecule has 1 fully saturated rings. The lowest BCUT2D eigenvalue weighted by Crippen LogP contribution is -2.46. The number of carbonyl (C=O) groups is 1. The highest BCUT2D eigenvalue weighted by atomic mass is 32.2. The van der Waals surface area contributed by atoms with E-state index in [4.69, 9.17) is 13.3 Å². The Balaban J connectivity index is 2.40. The maximum atomic E-state index is 12.4. The number of hydrogen-bond donors (Lipinski definition) is 1. The van der Waals surface area contributed by atoms with Crippen LogP contribution in [0.1, 0.15) is 134 Å². The molecule has 0 aliphatic heterocycles. The highest BCUT2D eigenvalue weighted by Gasteiger charge is 2.51. The minimum atomic E-state index is -3.60. The summed E-state index contributed by atoms with van der Waals surface area (Å²) in [5.74, 6) is 1.26. The Kier molecular flexibility index (Phi) is 18.6. The van der Waals surface area contributed by atoms with Crippen LogP contribution in [-0.2, 0) is 28.1 Å². The van der Waals surface area contributed by atoms with Crippen LogP contribution in [0.4, 0.5) is 0 Å². The first-order valence-corrected chi connectivity index (χ1v) is 32.4. The Hall–Kier alpha value is -0.479. The summed E-state index contributed by atoms with van der Waals surface area (Å²) in [6, 6.07) is 10.7. The maximum Gasteiger partial charge on any atom is 0.237 e. The first-order valence-electron chi connectivity index (χ1n) is 21.2. The van der Waals surface area contributed by atoms with E-state index >= 15 is 0 Å². The third kappa shape index (κ3) is 15.6. The maximum absolute atomic E-state index is 12.4. The number of carbonyl (C=O) groups excluding carboxylic acids is 1. The van der Waals surface area contributed by atoms with Crippen LogP contribution in [0.5, 0.6) is 0 Å². The number of benzene rings is 1. The standard InChI is InChI=1S/C43H83NO6S2Si3/c1-33(2)52(46,47)44-40(45)28-24-19-18-23-27-36-37(30-29-34(48-53(12,13)41(3,4)5)32-51-35-25-21-20-22-26-35)39(50-55(16,17)43(9,10)11)31-38(36)49-54(14,15)42(6,7)8/h20-22,25-26,33-34,36-39H,18-19,23-24,27-32H2,1-17H3,(H,44,45)/t34?,36-,37-,38+,39-/m1/s1. The number of thioether (sulfide) groups is 1. The van der Waals surface area contributed by atoms with Gasteiger partial charge in [0, 0.05) is 17.1 Å². The molecular formula is C43H83NO6S2Si3. The SMILES string of the molecule is CC(C)S(=O)(=O)NC(=O)CCCCCC[C@@H]1[C@@H](CCC(CSc2ccccc2)O[Si](C)(C)C(C)(C)C)[C@H](O[Si](C)(C)C(C)(C)C)C[C@@H]1O[Si](C)(C)C(C)(C)C. The normalized spacial score (nSPS) is 21.3. The van der Waals surface area contributed by atoms with Crippen LogP contribution in [-0.4, -0.2) is 68.6 Å². The molecule has 55 heavy (non-hydrogen) atoms. The number of hydrogen-bond acceptors (Lipinski definition) is 7. The number of amides is 1. The van der Waals surface area contributed by atoms with Crippen molar-refractivity contribution in [3.05, 3.63) is 30.3 Å². The van der Waals surface area contributed by atoms with Gasteiger partial charge < -0.3 is 13.3 Å². The van der Waals surface area contributed by atoms with Gasteiger partial charge in [0.05, 0.1) is 23.6 Å². The van der Waals surface area contributed by atoms with E-state index in [-0.39, 0.29) is 39.8 Å². The lowest BCUT2D eigenvalue weighted by Gasteiger charge is -2.41. The predicted molar refractivity (Wildman–Crippen MR) is 244 cm³/mol. The van der Waals surface area contributed by atoms with Gasteiger partial charge in [-0.05, 0) is 124 Å². The molecule has 12 heteroatoms. The summed E-state index contributed by atoms with van der Waals surface area (Å²) in [6.07, 6.45) is 8.31. The van der Waals surface area contributed by atoms with Crippen molar-refractivity contribution in [3.63, 3.8) is 0 Å². The fourth-order valence-corrected chi connectivity index (χ4v) is 12.4. The van der Waals surface area contributed by atoms with Crippen LogP contribution >= 0.6 is 11.8 Å². The lowest BCUT2D eigenvalue weighted by molar-refractivity contribution is -0.119. The Bertz CT molecular complexity index is 1430. The van der Waals surface area contributed by atoms with E-state index in [1.165, 1.54) is 4.90 Å². The average Bonchev–Trinajstić information content (AvgIpc) is 3.32. The quantitative estimate of drug-likeness (QED) is 0.0748. The summed E-state index contributed by atoms with van der Waals surface area (Å²) < 4.78 is 48.6. The molecule has 0 saturated heterocycles. The van der Waals surface area contributed by atoms with Crippen molar-refractivity contribution < 1.29 is 26.5 Å². The Labute approximate surface area is 346 Å². The zero-order valence-electron chi connectivity index (χ0n) is 38.2. The average molecular weight is 859 g/mol. The first kappa shape index (κ1) is 50.7. The molecule has 0 bridgehead atoms. The van der Waals surface area contributed by atoms with Gasteiger partial charge in [0.15, 0.2) is 25.0 Å². The Morgan fingerprint density at radius 1 is 0.745 bits per heavy atom. The van der Waals surface area contributed by atoms with Gasteiger partial charge in [0.1, 0.15) is 0 Å². The molecule has 1 aliphatic rings. The van der Waals surface area contributed by atoms with E-state index < -0.39 is 46.1 Å².